The summed E-state index contributed by atoms with van der Waals surface area (Å²) in [6, 6.07) is 13.5. The first kappa shape index (κ1) is 19.0. The van der Waals surface area contributed by atoms with Crippen LogP contribution in [0.15, 0.2) is 42.5 Å². The van der Waals surface area contributed by atoms with Gasteiger partial charge in [0.1, 0.15) is 5.75 Å². The van der Waals surface area contributed by atoms with Crippen LogP contribution in [0, 0.1) is 13.8 Å². The van der Waals surface area contributed by atoms with Crippen LogP contribution in [0.2, 0.25) is 0 Å². The van der Waals surface area contributed by atoms with Crippen molar-refractivity contribution in [2.45, 2.75) is 13.8 Å². The predicted molar refractivity (Wildman–Crippen MR) is 115 cm³/mol. The first-order chi connectivity index (χ1) is 14.0. The molecule has 7 nitrogen and oxygen atoms in total. The number of piperazine rings is 1. The Labute approximate surface area is 170 Å². The molecule has 1 saturated heterocycles. The number of nitrogens with one attached hydrogen (secondary N) is 1. The lowest BCUT2D eigenvalue weighted by Crippen LogP contribution is -2.50. The highest BCUT2D eigenvalue weighted by molar-refractivity contribution is 5.92. The Morgan fingerprint density at radius 1 is 0.966 bits per heavy atom. The summed E-state index contributed by atoms with van der Waals surface area (Å²) in [5, 5.41) is 2.99. The molecule has 1 aliphatic rings. The Morgan fingerprint density at radius 3 is 2.38 bits per heavy atom. The van der Waals surface area contributed by atoms with Crippen molar-refractivity contribution >= 4 is 28.4 Å². The number of benzene rings is 2. The zero-order valence-corrected chi connectivity index (χ0v) is 17.0. The zero-order chi connectivity index (χ0) is 20.4. The van der Waals surface area contributed by atoms with Gasteiger partial charge in [-0.1, -0.05) is 12.1 Å². The summed E-state index contributed by atoms with van der Waals surface area (Å²) < 4.78 is 5.46. The molecular formula is C22H25N5O2. The number of aryl methyl sites for hydroxylation is 2. The van der Waals surface area contributed by atoms with E-state index in [0.29, 0.717) is 13.1 Å². The van der Waals surface area contributed by atoms with Gasteiger partial charge in [0.25, 0.3) is 0 Å². The second-order valence-electron chi connectivity index (χ2n) is 7.17. The molecule has 0 aliphatic carbocycles. The summed E-state index contributed by atoms with van der Waals surface area (Å²) in [4.78, 5) is 25.9. The molecule has 2 amide bonds. The Hall–Kier alpha value is -3.35. The van der Waals surface area contributed by atoms with E-state index in [1.165, 1.54) is 0 Å². The Balaban J connectivity index is 1.41. The number of amides is 2. The number of para-hydroxylation sites is 2. The van der Waals surface area contributed by atoms with E-state index in [4.69, 9.17) is 4.74 Å². The van der Waals surface area contributed by atoms with E-state index in [1.807, 2.05) is 61.2 Å². The number of aromatic nitrogens is 2. The molecule has 3 aromatic rings. The van der Waals surface area contributed by atoms with Crippen LogP contribution in [0.25, 0.3) is 11.0 Å². The monoisotopic (exact) mass is 391 g/mol. The van der Waals surface area contributed by atoms with Crippen molar-refractivity contribution in [1.29, 1.82) is 0 Å². The highest BCUT2D eigenvalue weighted by Crippen LogP contribution is 2.28. The van der Waals surface area contributed by atoms with E-state index in [-0.39, 0.29) is 6.03 Å². The molecule has 0 radical (unpaired) electrons. The van der Waals surface area contributed by atoms with Gasteiger partial charge in [-0.3, -0.25) is 0 Å². The Morgan fingerprint density at radius 2 is 1.66 bits per heavy atom. The Kier molecular flexibility index (Phi) is 5.20. The minimum absolute atomic E-state index is 0.0965. The van der Waals surface area contributed by atoms with Crippen molar-refractivity contribution in [2.75, 3.05) is 43.5 Å². The summed E-state index contributed by atoms with van der Waals surface area (Å²) in [6.07, 6.45) is 0. The number of hydrogen-bond donors (Lipinski definition) is 1. The van der Waals surface area contributed by atoms with Gasteiger partial charge < -0.3 is 19.9 Å². The van der Waals surface area contributed by atoms with Gasteiger partial charge in [0, 0.05) is 31.9 Å². The summed E-state index contributed by atoms with van der Waals surface area (Å²) in [5.74, 6) is 0.855. The van der Waals surface area contributed by atoms with Crippen molar-refractivity contribution in [3.05, 3.63) is 53.9 Å². The fourth-order valence-corrected chi connectivity index (χ4v) is 3.55. The largest absolute Gasteiger partial charge is 0.495 e. The third kappa shape index (κ3) is 3.94. The van der Waals surface area contributed by atoms with Crippen LogP contribution in [0.1, 0.15) is 11.4 Å². The van der Waals surface area contributed by atoms with Crippen LogP contribution >= 0.6 is 0 Å². The van der Waals surface area contributed by atoms with Crippen molar-refractivity contribution in [3.63, 3.8) is 0 Å². The number of fused-ring (bicyclic) bond motifs is 1. The maximum Gasteiger partial charge on any atom is 0.321 e. The lowest BCUT2D eigenvalue weighted by Gasteiger charge is -2.36. The molecule has 4 rings (SSSR count). The first-order valence-electron chi connectivity index (χ1n) is 9.74. The highest BCUT2D eigenvalue weighted by Gasteiger charge is 2.23. The molecule has 0 bridgehead atoms. The maximum atomic E-state index is 12.7. The van der Waals surface area contributed by atoms with Crippen LogP contribution in [-0.2, 0) is 0 Å². The van der Waals surface area contributed by atoms with E-state index in [1.54, 1.807) is 7.11 Å². The average molecular weight is 391 g/mol. The van der Waals surface area contributed by atoms with Gasteiger partial charge >= 0.3 is 6.03 Å². The normalized spacial score (nSPS) is 14.2. The van der Waals surface area contributed by atoms with E-state index >= 15 is 0 Å². The van der Waals surface area contributed by atoms with Gasteiger partial charge in [0.2, 0.25) is 0 Å². The summed E-state index contributed by atoms with van der Waals surface area (Å²) in [5.41, 5.74) is 5.22. The highest BCUT2D eigenvalue weighted by atomic mass is 16.5. The first-order valence-corrected chi connectivity index (χ1v) is 9.74. The van der Waals surface area contributed by atoms with Gasteiger partial charge in [-0.05, 0) is 44.2 Å². The lowest BCUT2D eigenvalue weighted by molar-refractivity contribution is 0.208. The van der Waals surface area contributed by atoms with Gasteiger partial charge in [-0.15, -0.1) is 0 Å². The molecule has 0 unspecified atom stereocenters. The number of urea groups is 1. The van der Waals surface area contributed by atoms with Crippen LogP contribution in [-0.4, -0.2) is 54.2 Å². The lowest BCUT2D eigenvalue weighted by atomic mass is 10.2. The molecule has 1 fully saturated rings. The van der Waals surface area contributed by atoms with Gasteiger partial charge in [-0.2, -0.15) is 0 Å². The number of hydrogen-bond acceptors (Lipinski definition) is 5. The fourth-order valence-electron chi connectivity index (χ4n) is 3.55. The molecule has 1 aromatic heterocycles. The maximum absolute atomic E-state index is 12.7. The fraction of sp³-hybridized carbons (Fsp3) is 0.318. The minimum atomic E-state index is -0.0965. The molecule has 0 spiro atoms. The average Bonchev–Trinajstić information content (AvgIpc) is 2.75. The van der Waals surface area contributed by atoms with Gasteiger partial charge in [0.05, 0.1) is 35.2 Å². The standard InChI is InChI=1S/C22H25N5O2/c1-15-16(2)24-19-14-17(8-9-18(19)23-15)25-22(28)27-12-10-26(11-13-27)20-6-4-5-7-21(20)29-3/h4-9,14H,10-13H2,1-3H3,(H,25,28). The summed E-state index contributed by atoms with van der Waals surface area (Å²) >= 11 is 0. The molecule has 1 N–H and O–H groups in total. The number of nitrogens with zero attached hydrogens (tertiary/aromatic N) is 4. The quantitative estimate of drug-likeness (QED) is 0.739. The van der Waals surface area contributed by atoms with Crippen LogP contribution in [0.3, 0.4) is 0 Å². The topological polar surface area (TPSA) is 70.6 Å². The number of anilines is 2. The molecule has 2 heterocycles. The third-order valence-electron chi connectivity index (χ3n) is 5.32. The molecule has 7 heteroatoms. The SMILES string of the molecule is COc1ccccc1N1CCN(C(=O)Nc2ccc3nc(C)c(C)nc3c2)CC1. The number of ether oxygens (including phenoxy) is 1. The van der Waals surface area contributed by atoms with Crippen molar-refractivity contribution in [3.8, 4) is 5.75 Å². The second-order valence-corrected chi connectivity index (χ2v) is 7.17. The summed E-state index contributed by atoms with van der Waals surface area (Å²) in [6.45, 7) is 6.70. The Bertz CT molecular complexity index is 1040. The number of rotatable bonds is 3. The molecule has 1 aliphatic heterocycles. The zero-order valence-electron chi connectivity index (χ0n) is 17.0. The molecular weight excluding hydrogens is 366 g/mol. The van der Waals surface area contributed by atoms with E-state index < -0.39 is 0 Å². The van der Waals surface area contributed by atoms with E-state index in [0.717, 1.165) is 52.6 Å². The minimum Gasteiger partial charge on any atom is -0.495 e. The third-order valence-corrected chi connectivity index (χ3v) is 5.32. The predicted octanol–water partition coefficient (Wildman–Crippen LogP) is 3.61. The van der Waals surface area contributed by atoms with Gasteiger partial charge in [-0.25, -0.2) is 14.8 Å². The van der Waals surface area contributed by atoms with Crippen LogP contribution in [0.5, 0.6) is 5.75 Å². The molecule has 2 aromatic carbocycles. The molecule has 150 valence electrons. The van der Waals surface area contributed by atoms with Crippen molar-refractivity contribution in [2.24, 2.45) is 0 Å². The summed E-state index contributed by atoms with van der Waals surface area (Å²) in [7, 11) is 1.68. The number of carbonyl (C=O) groups is 1. The van der Waals surface area contributed by atoms with Crippen LogP contribution < -0.4 is 15.0 Å². The molecule has 0 atom stereocenters. The second kappa shape index (κ2) is 7.95. The molecule has 0 saturated carbocycles. The van der Waals surface area contributed by atoms with E-state index in [2.05, 4.69) is 20.2 Å². The number of methoxy groups -OCH3 is 1. The van der Waals surface area contributed by atoms with Crippen LogP contribution in [0.4, 0.5) is 16.2 Å². The smallest absolute Gasteiger partial charge is 0.321 e. The number of carbonyl (C=O) groups excluding carboxylic acids is 1. The van der Waals surface area contributed by atoms with E-state index in [9.17, 15) is 4.79 Å². The molecule has 29 heavy (non-hydrogen) atoms. The van der Waals surface area contributed by atoms with Crippen molar-refractivity contribution in [1.82, 2.24) is 14.9 Å². The van der Waals surface area contributed by atoms with Gasteiger partial charge in [0.15, 0.2) is 0 Å². The van der Waals surface area contributed by atoms with Crippen molar-refractivity contribution < 1.29 is 9.53 Å².